The maximum Gasteiger partial charge on any atom is 0.0668 e. The Morgan fingerprint density at radius 1 is 1.42 bits per heavy atom. The maximum atomic E-state index is 9.68. The zero-order valence-corrected chi connectivity index (χ0v) is 7.62. The zero-order valence-electron chi connectivity index (χ0n) is 7.62. The first-order chi connectivity index (χ1) is 5.46. The van der Waals surface area contributed by atoms with Crippen LogP contribution in [0.25, 0.3) is 0 Å². The van der Waals surface area contributed by atoms with Gasteiger partial charge in [0.15, 0.2) is 0 Å². The Labute approximate surface area is 72.9 Å². The monoisotopic (exact) mass is 168 g/mol. The molecule has 3 aliphatic carbocycles. The van der Waals surface area contributed by atoms with Crippen LogP contribution in [0.4, 0.5) is 0 Å². The topological polar surface area (TPSA) is 40.5 Å². The third-order valence-corrected chi connectivity index (χ3v) is 3.70. The third kappa shape index (κ3) is 0.723. The molecule has 0 spiro atoms. The third-order valence-electron chi connectivity index (χ3n) is 3.70. The molecule has 2 bridgehead atoms. The number of hydrogen-bond acceptors (Lipinski definition) is 2. The first kappa shape index (κ1) is 8.27. The van der Waals surface area contributed by atoms with Gasteiger partial charge in [-0.15, -0.1) is 0 Å². The van der Waals surface area contributed by atoms with Gasteiger partial charge in [-0.05, 0) is 11.8 Å². The van der Waals surface area contributed by atoms with Gasteiger partial charge in [-0.3, -0.25) is 0 Å². The smallest absolute Gasteiger partial charge is 0.0668 e. The second-order valence-electron chi connectivity index (χ2n) is 4.75. The van der Waals surface area contributed by atoms with E-state index in [1.807, 2.05) is 0 Å². The summed E-state index contributed by atoms with van der Waals surface area (Å²) in [4.78, 5) is 0. The number of aliphatic hydroxyl groups excluding tert-OH is 2. The largest absolute Gasteiger partial charge is 0.392 e. The van der Waals surface area contributed by atoms with Crippen molar-refractivity contribution in [1.29, 1.82) is 0 Å². The Bertz CT molecular complexity index is 228. The summed E-state index contributed by atoms with van der Waals surface area (Å²) < 4.78 is 0. The van der Waals surface area contributed by atoms with Gasteiger partial charge in [0.2, 0.25) is 0 Å². The minimum Gasteiger partial charge on any atom is -0.392 e. The van der Waals surface area contributed by atoms with E-state index in [1.165, 1.54) is 0 Å². The van der Waals surface area contributed by atoms with Crippen molar-refractivity contribution in [2.75, 3.05) is 0 Å². The number of rotatable bonds is 0. The molecule has 3 aliphatic rings. The van der Waals surface area contributed by atoms with Crippen LogP contribution in [0.3, 0.4) is 0 Å². The van der Waals surface area contributed by atoms with Crippen molar-refractivity contribution in [2.24, 2.45) is 17.3 Å². The van der Waals surface area contributed by atoms with Crippen LogP contribution in [0.15, 0.2) is 12.2 Å². The number of fused-ring (bicyclic) bond motifs is 2. The van der Waals surface area contributed by atoms with Crippen molar-refractivity contribution in [2.45, 2.75) is 32.5 Å². The minimum absolute atomic E-state index is 0.0498. The minimum atomic E-state index is -0.382. The van der Waals surface area contributed by atoms with E-state index in [0.29, 0.717) is 6.42 Å². The Morgan fingerprint density at radius 2 is 2.00 bits per heavy atom. The molecule has 2 nitrogen and oxygen atoms in total. The summed E-state index contributed by atoms with van der Waals surface area (Å²) in [7, 11) is 0. The van der Waals surface area contributed by atoms with Crippen LogP contribution in [-0.2, 0) is 0 Å². The van der Waals surface area contributed by atoms with E-state index in [2.05, 4.69) is 20.4 Å². The van der Waals surface area contributed by atoms with Gasteiger partial charge in [0.05, 0.1) is 12.2 Å². The van der Waals surface area contributed by atoms with Gasteiger partial charge >= 0.3 is 0 Å². The average Bonchev–Trinajstić information content (AvgIpc) is 1.81. The molecular formula is C10H16O2. The molecule has 0 unspecified atom stereocenters. The molecule has 3 fully saturated rings. The Kier molecular flexibility index (Phi) is 1.46. The predicted octanol–water partition coefficient (Wildman–Crippen LogP) is 0.940. The normalized spacial score (nSPS) is 50.2. The molecule has 0 radical (unpaired) electrons. The van der Waals surface area contributed by atoms with Crippen molar-refractivity contribution >= 4 is 0 Å². The number of aliphatic hydroxyl groups is 2. The molecule has 3 saturated carbocycles. The van der Waals surface area contributed by atoms with Crippen LogP contribution < -0.4 is 0 Å². The molecule has 2 N–H and O–H groups in total. The Morgan fingerprint density at radius 3 is 2.33 bits per heavy atom. The van der Waals surface area contributed by atoms with Gasteiger partial charge < -0.3 is 10.2 Å². The highest BCUT2D eigenvalue weighted by atomic mass is 16.3. The molecule has 0 aromatic carbocycles. The maximum absolute atomic E-state index is 9.68. The van der Waals surface area contributed by atoms with Crippen LogP contribution in [0.1, 0.15) is 20.3 Å². The fraction of sp³-hybridized carbons (Fsp3) is 0.800. The van der Waals surface area contributed by atoms with Gasteiger partial charge in [0, 0.05) is 11.8 Å². The summed E-state index contributed by atoms with van der Waals surface area (Å²) in [5.41, 5.74) is 1.07. The lowest BCUT2D eigenvalue weighted by Crippen LogP contribution is -2.65. The van der Waals surface area contributed by atoms with E-state index in [4.69, 9.17) is 0 Å². The molecule has 0 aliphatic heterocycles. The second-order valence-corrected chi connectivity index (χ2v) is 4.75. The van der Waals surface area contributed by atoms with Crippen molar-refractivity contribution in [3.8, 4) is 0 Å². The van der Waals surface area contributed by atoms with Crippen molar-refractivity contribution in [3.05, 3.63) is 12.2 Å². The molecule has 68 valence electrons. The molecule has 12 heavy (non-hydrogen) atoms. The van der Waals surface area contributed by atoms with Crippen molar-refractivity contribution in [1.82, 2.24) is 0 Å². The van der Waals surface area contributed by atoms with E-state index in [0.717, 1.165) is 5.57 Å². The molecule has 0 heterocycles. The van der Waals surface area contributed by atoms with Crippen LogP contribution in [0.5, 0.6) is 0 Å². The first-order valence-electron chi connectivity index (χ1n) is 4.50. The summed E-state index contributed by atoms with van der Waals surface area (Å²) >= 11 is 0. The van der Waals surface area contributed by atoms with E-state index in [-0.39, 0.29) is 29.5 Å². The molecule has 0 saturated heterocycles. The molecular weight excluding hydrogens is 152 g/mol. The molecule has 3 rings (SSSR count). The number of hydrogen-bond donors (Lipinski definition) is 2. The first-order valence-corrected chi connectivity index (χ1v) is 4.50. The molecule has 0 aromatic heterocycles. The quantitative estimate of drug-likeness (QED) is 0.528. The highest BCUT2D eigenvalue weighted by Gasteiger charge is 2.62. The van der Waals surface area contributed by atoms with Crippen LogP contribution in [0, 0.1) is 17.3 Å². The van der Waals surface area contributed by atoms with Gasteiger partial charge in [0.25, 0.3) is 0 Å². The molecule has 4 atom stereocenters. The van der Waals surface area contributed by atoms with E-state index in [1.54, 1.807) is 0 Å². The van der Waals surface area contributed by atoms with Crippen LogP contribution in [-0.4, -0.2) is 22.4 Å². The highest BCUT2D eigenvalue weighted by Crippen LogP contribution is 2.60. The lowest BCUT2D eigenvalue weighted by Gasteiger charge is -2.62. The zero-order chi connectivity index (χ0) is 9.09. The highest BCUT2D eigenvalue weighted by molar-refractivity contribution is 5.25. The summed E-state index contributed by atoms with van der Waals surface area (Å²) in [6.07, 6.45) is -0.0562. The summed E-state index contributed by atoms with van der Waals surface area (Å²) in [5.74, 6) is 0.277. The van der Waals surface area contributed by atoms with Crippen molar-refractivity contribution in [3.63, 3.8) is 0 Å². The van der Waals surface area contributed by atoms with Gasteiger partial charge in [0.1, 0.15) is 0 Å². The van der Waals surface area contributed by atoms with Crippen LogP contribution >= 0.6 is 0 Å². The van der Waals surface area contributed by atoms with E-state index >= 15 is 0 Å². The summed E-state index contributed by atoms with van der Waals surface area (Å²) in [5, 5.41) is 19.4. The predicted molar refractivity (Wildman–Crippen MR) is 46.5 cm³/mol. The Balaban J connectivity index is 2.32. The van der Waals surface area contributed by atoms with Gasteiger partial charge in [-0.2, -0.15) is 0 Å². The standard InChI is InChI=1S/C10H16O2/c1-5-4-6(11)8-9(12)7(5)10(8,2)3/h6-9,11-12H,1,4H2,2-3H3/t6-,7+,8-,9+/m0/s1. The molecule has 2 heteroatoms. The van der Waals surface area contributed by atoms with Crippen molar-refractivity contribution < 1.29 is 10.2 Å². The van der Waals surface area contributed by atoms with Gasteiger partial charge in [-0.1, -0.05) is 26.0 Å². The van der Waals surface area contributed by atoms with E-state index in [9.17, 15) is 10.2 Å². The average molecular weight is 168 g/mol. The van der Waals surface area contributed by atoms with Gasteiger partial charge in [-0.25, -0.2) is 0 Å². The van der Waals surface area contributed by atoms with Crippen LogP contribution in [0.2, 0.25) is 0 Å². The second kappa shape index (κ2) is 2.12. The molecule has 0 amide bonds. The lowest BCUT2D eigenvalue weighted by molar-refractivity contribution is -0.203. The van der Waals surface area contributed by atoms with E-state index < -0.39 is 0 Å². The Hall–Kier alpha value is -0.340. The SMILES string of the molecule is C=C1C[C@H](O)[C@H]2[C@H](O)[C@@H]1C2(C)C. The fourth-order valence-corrected chi connectivity index (χ4v) is 3.19. The summed E-state index contributed by atoms with van der Waals surface area (Å²) in [6, 6.07) is 0. The summed E-state index contributed by atoms with van der Waals surface area (Å²) in [6.45, 7) is 8.11. The fourth-order valence-electron chi connectivity index (χ4n) is 3.19. The molecule has 0 aromatic rings. The lowest BCUT2D eigenvalue weighted by atomic mass is 9.45.